The van der Waals surface area contributed by atoms with E-state index >= 15 is 0 Å². The molecule has 4 aromatic rings. The summed E-state index contributed by atoms with van der Waals surface area (Å²) in [6, 6.07) is 33.2. The molecule has 0 unspecified atom stereocenters. The zero-order valence-corrected chi connectivity index (χ0v) is 20.6. The number of aryl methyl sites for hydroxylation is 1. The molecular weight excluding hydrogens is 398 g/mol. The third-order valence-electron chi connectivity index (χ3n) is 7.00. The predicted molar refractivity (Wildman–Crippen MR) is 143 cm³/mol. The summed E-state index contributed by atoms with van der Waals surface area (Å²) in [5, 5.41) is 0. The highest BCUT2D eigenvalue weighted by Crippen LogP contribution is 2.55. The van der Waals surface area contributed by atoms with E-state index in [4.69, 9.17) is 0 Å². The third-order valence-corrected chi connectivity index (χ3v) is 7.00. The molecule has 5 rings (SSSR count). The maximum Gasteiger partial charge on any atom is 0.0493 e. The van der Waals surface area contributed by atoms with Gasteiger partial charge in [0.2, 0.25) is 0 Å². The van der Waals surface area contributed by atoms with Gasteiger partial charge in [-0.1, -0.05) is 92.7 Å². The van der Waals surface area contributed by atoms with Crippen molar-refractivity contribution in [2.24, 2.45) is 0 Å². The van der Waals surface area contributed by atoms with Crippen LogP contribution in [0, 0.1) is 6.92 Å². The van der Waals surface area contributed by atoms with Crippen molar-refractivity contribution < 1.29 is 0 Å². The smallest absolute Gasteiger partial charge is 0.0493 e. The summed E-state index contributed by atoms with van der Waals surface area (Å²) < 4.78 is 0. The van der Waals surface area contributed by atoms with Crippen molar-refractivity contribution in [3.8, 4) is 22.3 Å². The SMILES string of the molecule is Cc1ccc2c(c1N(c1cccc(-c3ccccc3)c1)C(C)(C)C)C(C)(C)c1ccccc1-2. The Kier molecular flexibility index (Phi) is 4.97. The first-order valence-electron chi connectivity index (χ1n) is 11.9. The van der Waals surface area contributed by atoms with Crippen LogP contribution in [0.5, 0.6) is 0 Å². The Morgan fingerprint density at radius 3 is 2.06 bits per heavy atom. The van der Waals surface area contributed by atoms with Crippen LogP contribution >= 0.6 is 0 Å². The minimum absolute atomic E-state index is 0.0617. The van der Waals surface area contributed by atoms with Crippen molar-refractivity contribution in [3.05, 3.63) is 108 Å². The molecule has 1 aliphatic carbocycles. The zero-order chi connectivity index (χ0) is 23.4. The van der Waals surface area contributed by atoms with Crippen LogP contribution in [0.1, 0.15) is 51.3 Å². The highest BCUT2D eigenvalue weighted by Gasteiger charge is 2.40. The normalized spacial score (nSPS) is 14.0. The fraction of sp³-hybridized carbons (Fsp3) is 0.250. The van der Waals surface area contributed by atoms with Gasteiger partial charge in [0.1, 0.15) is 0 Å². The van der Waals surface area contributed by atoms with Gasteiger partial charge in [0.05, 0.1) is 0 Å². The molecule has 0 atom stereocenters. The van der Waals surface area contributed by atoms with Gasteiger partial charge in [-0.3, -0.25) is 0 Å². The van der Waals surface area contributed by atoms with Crippen molar-refractivity contribution in [1.82, 2.24) is 0 Å². The summed E-state index contributed by atoms with van der Waals surface area (Å²) in [7, 11) is 0. The molecule has 4 aromatic carbocycles. The molecule has 0 N–H and O–H groups in total. The lowest BCUT2D eigenvalue weighted by Crippen LogP contribution is -2.39. The number of fused-ring (bicyclic) bond motifs is 3. The van der Waals surface area contributed by atoms with E-state index in [1.807, 2.05) is 0 Å². The van der Waals surface area contributed by atoms with E-state index in [2.05, 4.69) is 137 Å². The molecule has 0 aliphatic heterocycles. The number of hydrogen-bond acceptors (Lipinski definition) is 1. The molecule has 0 bridgehead atoms. The number of rotatable bonds is 3. The highest BCUT2D eigenvalue weighted by atomic mass is 15.2. The van der Waals surface area contributed by atoms with Crippen molar-refractivity contribution >= 4 is 11.4 Å². The van der Waals surface area contributed by atoms with Crippen LogP contribution in [0.4, 0.5) is 11.4 Å². The Morgan fingerprint density at radius 1 is 0.667 bits per heavy atom. The lowest BCUT2D eigenvalue weighted by atomic mass is 9.80. The van der Waals surface area contributed by atoms with E-state index in [1.165, 1.54) is 50.3 Å². The molecule has 1 nitrogen and oxygen atoms in total. The summed E-state index contributed by atoms with van der Waals surface area (Å²) in [6.45, 7) is 14.0. The number of benzene rings is 4. The van der Waals surface area contributed by atoms with Crippen LogP contribution < -0.4 is 4.90 Å². The third kappa shape index (κ3) is 3.47. The molecule has 166 valence electrons. The lowest BCUT2D eigenvalue weighted by Gasteiger charge is -2.42. The second-order valence-corrected chi connectivity index (χ2v) is 10.7. The zero-order valence-electron chi connectivity index (χ0n) is 20.6. The van der Waals surface area contributed by atoms with Crippen molar-refractivity contribution in [3.63, 3.8) is 0 Å². The molecule has 0 saturated carbocycles. The summed E-state index contributed by atoms with van der Waals surface area (Å²) in [5.41, 5.74) is 11.8. The first-order chi connectivity index (χ1) is 15.7. The lowest BCUT2D eigenvalue weighted by molar-refractivity contribution is 0.552. The molecule has 0 fully saturated rings. The van der Waals surface area contributed by atoms with Crippen molar-refractivity contribution in [1.29, 1.82) is 0 Å². The Balaban J connectivity index is 1.76. The first kappa shape index (κ1) is 21.5. The average molecular weight is 432 g/mol. The van der Waals surface area contributed by atoms with Crippen LogP contribution in [0.25, 0.3) is 22.3 Å². The molecule has 0 saturated heterocycles. The predicted octanol–water partition coefficient (Wildman–Crippen LogP) is 8.90. The summed E-state index contributed by atoms with van der Waals surface area (Å²) in [5.74, 6) is 0. The fourth-order valence-electron chi connectivity index (χ4n) is 5.55. The van der Waals surface area contributed by atoms with Crippen LogP contribution in [0.15, 0.2) is 91.0 Å². The van der Waals surface area contributed by atoms with Gasteiger partial charge in [0, 0.05) is 22.3 Å². The summed E-state index contributed by atoms with van der Waals surface area (Å²) in [4.78, 5) is 2.56. The Bertz CT molecular complexity index is 1320. The molecule has 0 amide bonds. The van der Waals surface area contributed by atoms with Crippen LogP contribution in [0.3, 0.4) is 0 Å². The van der Waals surface area contributed by atoms with Gasteiger partial charge < -0.3 is 4.90 Å². The largest absolute Gasteiger partial charge is 0.336 e. The maximum atomic E-state index is 2.56. The highest BCUT2D eigenvalue weighted by molar-refractivity contribution is 5.89. The first-order valence-corrected chi connectivity index (χ1v) is 11.9. The molecule has 0 aromatic heterocycles. The van der Waals surface area contributed by atoms with Gasteiger partial charge in [-0.05, 0) is 78.8 Å². The molecule has 0 spiro atoms. The fourth-order valence-corrected chi connectivity index (χ4v) is 5.55. The van der Waals surface area contributed by atoms with E-state index in [0.29, 0.717) is 0 Å². The number of anilines is 2. The van der Waals surface area contributed by atoms with Gasteiger partial charge in [0.25, 0.3) is 0 Å². The van der Waals surface area contributed by atoms with E-state index in [9.17, 15) is 0 Å². The van der Waals surface area contributed by atoms with Crippen molar-refractivity contribution in [2.45, 2.75) is 52.5 Å². The second kappa shape index (κ2) is 7.63. The van der Waals surface area contributed by atoms with Gasteiger partial charge >= 0.3 is 0 Å². The van der Waals surface area contributed by atoms with Crippen LogP contribution in [-0.2, 0) is 5.41 Å². The minimum atomic E-state index is -0.0972. The molecule has 1 heteroatoms. The molecule has 1 aliphatic rings. The molecule has 0 radical (unpaired) electrons. The quantitative estimate of drug-likeness (QED) is 0.313. The van der Waals surface area contributed by atoms with E-state index in [0.717, 1.165) is 0 Å². The van der Waals surface area contributed by atoms with Gasteiger partial charge in [0.15, 0.2) is 0 Å². The van der Waals surface area contributed by atoms with Gasteiger partial charge in [-0.2, -0.15) is 0 Å². The number of hydrogen-bond donors (Lipinski definition) is 0. The van der Waals surface area contributed by atoms with E-state index in [-0.39, 0.29) is 11.0 Å². The maximum absolute atomic E-state index is 2.56. The number of nitrogens with zero attached hydrogens (tertiary/aromatic N) is 1. The van der Waals surface area contributed by atoms with E-state index in [1.54, 1.807) is 0 Å². The summed E-state index contributed by atoms with van der Waals surface area (Å²) >= 11 is 0. The monoisotopic (exact) mass is 431 g/mol. The van der Waals surface area contributed by atoms with E-state index < -0.39 is 0 Å². The van der Waals surface area contributed by atoms with Crippen LogP contribution in [-0.4, -0.2) is 5.54 Å². The molecular formula is C32H33N. The Morgan fingerprint density at radius 2 is 1.33 bits per heavy atom. The standard InChI is InChI=1S/C32H33N/c1-22-19-20-27-26-17-10-11-18-28(26)32(5,6)29(27)30(22)33(31(2,3)4)25-16-12-15-24(21-25)23-13-8-7-9-14-23/h7-21H,1-6H3. The summed E-state index contributed by atoms with van der Waals surface area (Å²) in [6.07, 6.45) is 0. The topological polar surface area (TPSA) is 3.24 Å². The van der Waals surface area contributed by atoms with Crippen LogP contribution in [0.2, 0.25) is 0 Å². The Labute approximate surface area is 198 Å². The Hall–Kier alpha value is -3.32. The van der Waals surface area contributed by atoms with Gasteiger partial charge in [-0.15, -0.1) is 0 Å². The molecule has 33 heavy (non-hydrogen) atoms. The average Bonchev–Trinajstić information content (AvgIpc) is 3.03. The van der Waals surface area contributed by atoms with Crippen molar-refractivity contribution in [2.75, 3.05) is 4.90 Å². The second-order valence-electron chi connectivity index (χ2n) is 10.7. The van der Waals surface area contributed by atoms with Gasteiger partial charge in [-0.25, -0.2) is 0 Å². The molecule has 0 heterocycles. The minimum Gasteiger partial charge on any atom is -0.336 e.